The van der Waals surface area contributed by atoms with E-state index in [-0.39, 0.29) is 11.0 Å². The average molecular weight is 348 g/mol. The number of hydrogen-bond acceptors (Lipinski definition) is 3. The Hall–Kier alpha value is -2.44. The predicted molar refractivity (Wildman–Crippen MR) is 93.3 cm³/mol. The topological polar surface area (TPSA) is 70.2 Å². The first kappa shape index (κ1) is 16.9. The first-order chi connectivity index (χ1) is 11.0. The number of benzene rings is 2. The zero-order valence-corrected chi connectivity index (χ0v) is 13.8. The summed E-state index contributed by atoms with van der Waals surface area (Å²) >= 11 is 10.9. The molecule has 2 amide bonds. The third-order valence-corrected chi connectivity index (χ3v) is 3.48. The maximum atomic E-state index is 12.0. The van der Waals surface area contributed by atoms with Crippen LogP contribution in [0.25, 0.3) is 0 Å². The Balaban J connectivity index is 1.88. The number of rotatable bonds is 2. The van der Waals surface area contributed by atoms with Crippen molar-refractivity contribution in [1.82, 2.24) is 16.2 Å². The zero-order chi connectivity index (χ0) is 16.8. The molecule has 0 aliphatic heterocycles. The molecule has 0 aromatic heterocycles. The van der Waals surface area contributed by atoms with Crippen molar-refractivity contribution in [2.75, 3.05) is 0 Å². The lowest BCUT2D eigenvalue weighted by molar-refractivity contribution is 0.0934. The molecule has 23 heavy (non-hydrogen) atoms. The molecule has 2 aromatic carbocycles. The number of nitrogens with one attached hydrogen (secondary N) is 3. The third-order valence-electron chi connectivity index (χ3n) is 2.95. The van der Waals surface area contributed by atoms with Gasteiger partial charge in [0.05, 0.1) is 10.6 Å². The normalized spacial score (nSPS) is 9.83. The lowest BCUT2D eigenvalue weighted by Gasteiger charge is -2.11. The summed E-state index contributed by atoms with van der Waals surface area (Å²) in [6.45, 7) is 1.93. The number of amides is 2. The molecular formula is C16H14ClN3O2S. The van der Waals surface area contributed by atoms with Crippen molar-refractivity contribution in [1.29, 1.82) is 0 Å². The molecule has 0 saturated carbocycles. The van der Waals surface area contributed by atoms with Crippen molar-refractivity contribution in [3.05, 3.63) is 70.2 Å². The second-order valence-corrected chi connectivity index (χ2v) is 5.52. The summed E-state index contributed by atoms with van der Waals surface area (Å²) in [4.78, 5) is 23.9. The second kappa shape index (κ2) is 7.71. The van der Waals surface area contributed by atoms with Crippen LogP contribution in [0.15, 0.2) is 48.5 Å². The van der Waals surface area contributed by atoms with Crippen LogP contribution in [0.5, 0.6) is 0 Å². The number of hydrazine groups is 1. The van der Waals surface area contributed by atoms with Crippen LogP contribution in [0.1, 0.15) is 26.3 Å². The van der Waals surface area contributed by atoms with E-state index >= 15 is 0 Å². The molecule has 5 nitrogen and oxygen atoms in total. The van der Waals surface area contributed by atoms with E-state index in [2.05, 4.69) is 16.2 Å². The van der Waals surface area contributed by atoms with Gasteiger partial charge in [-0.25, -0.2) is 0 Å². The second-order valence-electron chi connectivity index (χ2n) is 4.71. The highest BCUT2D eigenvalue weighted by atomic mass is 35.5. The molecule has 0 unspecified atom stereocenters. The van der Waals surface area contributed by atoms with Gasteiger partial charge < -0.3 is 0 Å². The summed E-state index contributed by atoms with van der Waals surface area (Å²) in [5.74, 6) is -0.822. The van der Waals surface area contributed by atoms with Gasteiger partial charge in [-0.2, -0.15) is 0 Å². The molecule has 0 fully saturated rings. The fraction of sp³-hybridized carbons (Fsp3) is 0.0625. The molecule has 0 atom stereocenters. The fourth-order valence-electron chi connectivity index (χ4n) is 1.74. The Morgan fingerprint density at radius 3 is 2.26 bits per heavy atom. The van der Waals surface area contributed by atoms with E-state index in [4.69, 9.17) is 23.8 Å². The minimum absolute atomic E-state index is 0.0176. The molecule has 7 heteroatoms. The highest BCUT2D eigenvalue weighted by molar-refractivity contribution is 7.80. The Morgan fingerprint density at radius 1 is 0.957 bits per heavy atom. The molecule has 0 aliphatic carbocycles. The third kappa shape index (κ3) is 4.77. The Labute approximate surface area is 144 Å². The molecule has 0 spiro atoms. The predicted octanol–water partition coefficient (Wildman–Crippen LogP) is 2.60. The van der Waals surface area contributed by atoms with E-state index in [1.165, 1.54) is 0 Å². The minimum Gasteiger partial charge on any atom is -0.298 e. The van der Waals surface area contributed by atoms with Gasteiger partial charge in [-0.1, -0.05) is 41.4 Å². The summed E-state index contributed by atoms with van der Waals surface area (Å²) in [5.41, 5.74) is 6.66. The van der Waals surface area contributed by atoms with Crippen LogP contribution < -0.4 is 16.2 Å². The summed E-state index contributed by atoms with van der Waals surface area (Å²) in [5, 5.41) is 2.77. The van der Waals surface area contributed by atoms with Crippen molar-refractivity contribution >= 4 is 40.7 Å². The van der Waals surface area contributed by atoms with E-state index in [0.717, 1.165) is 5.56 Å². The molecule has 2 rings (SSSR count). The molecule has 0 radical (unpaired) electrons. The summed E-state index contributed by atoms with van der Waals surface area (Å²) in [6, 6.07) is 13.6. The van der Waals surface area contributed by atoms with Crippen molar-refractivity contribution in [3.8, 4) is 0 Å². The van der Waals surface area contributed by atoms with Crippen LogP contribution in [-0.4, -0.2) is 16.9 Å². The number of halogens is 1. The quantitative estimate of drug-likeness (QED) is 0.577. The molecule has 118 valence electrons. The molecule has 0 heterocycles. The molecule has 2 aromatic rings. The largest absolute Gasteiger partial charge is 0.298 e. The van der Waals surface area contributed by atoms with Crippen LogP contribution in [0.3, 0.4) is 0 Å². The standard InChI is InChI=1S/C16H14ClN3O2S/c1-10-6-8-11(9-7-10)14(21)18-16(23)20-19-15(22)12-4-2-3-5-13(12)17/h2-9H,1H3,(H,19,22)(H2,18,20,21,23). The van der Waals surface area contributed by atoms with Crippen LogP contribution in [0, 0.1) is 6.92 Å². The van der Waals surface area contributed by atoms with Gasteiger partial charge in [0.15, 0.2) is 5.11 Å². The monoisotopic (exact) mass is 347 g/mol. The van der Waals surface area contributed by atoms with Crippen molar-refractivity contribution in [3.63, 3.8) is 0 Å². The van der Waals surface area contributed by atoms with Crippen molar-refractivity contribution in [2.24, 2.45) is 0 Å². The van der Waals surface area contributed by atoms with Crippen LogP contribution in [0.2, 0.25) is 5.02 Å². The summed E-state index contributed by atoms with van der Waals surface area (Å²) < 4.78 is 0. The fourth-order valence-corrected chi connectivity index (χ4v) is 2.10. The van der Waals surface area contributed by atoms with E-state index in [1.54, 1.807) is 36.4 Å². The lowest BCUT2D eigenvalue weighted by Crippen LogP contribution is -2.48. The van der Waals surface area contributed by atoms with E-state index in [0.29, 0.717) is 16.1 Å². The maximum absolute atomic E-state index is 12.0. The number of hydrogen-bond donors (Lipinski definition) is 3. The van der Waals surface area contributed by atoms with E-state index in [1.807, 2.05) is 19.1 Å². The molecule has 0 bridgehead atoms. The van der Waals surface area contributed by atoms with Gasteiger partial charge in [-0.3, -0.25) is 25.8 Å². The molecule has 0 saturated heterocycles. The SMILES string of the molecule is Cc1ccc(C(=O)NC(=S)NNC(=O)c2ccccc2Cl)cc1. The van der Waals surface area contributed by atoms with Crippen LogP contribution in [-0.2, 0) is 0 Å². The Bertz CT molecular complexity index is 747. The average Bonchev–Trinajstić information content (AvgIpc) is 2.53. The highest BCUT2D eigenvalue weighted by Crippen LogP contribution is 2.14. The van der Waals surface area contributed by atoms with E-state index < -0.39 is 5.91 Å². The number of carbonyl (C=O) groups excluding carboxylic acids is 2. The minimum atomic E-state index is -0.456. The zero-order valence-electron chi connectivity index (χ0n) is 12.2. The smallest absolute Gasteiger partial charge is 0.271 e. The number of carbonyl (C=O) groups is 2. The van der Waals surface area contributed by atoms with Gasteiger partial charge >= 0.3 is 0 Å². The first-order valence-corrected chi connectivity index (χ1v) is 7.49. The van der Waals surface area contributed by atoms with Gasteiger partial charge in [0, 0.05) is 5.56 Å². The summed E-state index contributed by atoms with van der Waals surface area (Å²) in [7, 11) is 0. The van der Waals surface area contributed by atoms with E-state index in [9.17, 15) is 9.59 Å². The molecule has 3 N–H and O–H groups in total. The number of thiocarbonyl (C=S) groups is 1. The van der Waals surface area contributed by atoms with Gasteiger partial charge in [0.25, 0.3) is 11.8 Å². The van der Waals surface area contributed by atoms with Gasteiger partial charge in [0.1, 0.15) is 0 Å². The van der Waals surface area contributed by atoms with Crippen LogP contribution in [0.4, 0.5) is 0 Å². The lowest BCUT2D eigenvalue weighted by atomic mass is 10.1. The molecular weight excluding hydrogens is 334 g/mol. The highest BCUT2D eigenvalue weighted by Gasteiger charge is 2.11. The molecule has 0 aliphatic rings. The van der Waals surface area contributed by atoms with Crippen molar-refractivity contribution in [2.45, 2.75) is 6.92 Å². The van der Waals surface area contributed by atoms with Gasteiger partial charge in [-0.15, -0.1) is 0 Å². The number of aryl methyl sites for hydroxylation is 1. The Morgan fingerprint density at radius 2 is 1.61 bits per heavy atom. The van der Waals surface area contributed by atoms with Crippen LogP contribution >= 0.6 is 23.8 Å². The summed E-state index contributed by atoms with van der Waals surface area (Å²) in [6.07, 6.45) is 0. The van der Waals surface area contributed by atoms with Gasteiger partial charge in [0.2, 0.25) is 0 Å². The van der Waals surface area contributed by atoms with Crippen molar-refractivity contribution < 1.29 is 9.59 Å². The first-order valence-electron chi connectivity index (χ1n) is 6.70. The van der Waals surface area contributed by atoms with Gasteiger partial charge in [-0.05, 0) is 43.4 Å². The Kier molecular flexibility index (Phi) is 5.67. The maximum Gasteiger partial charge on any atom is 0.271 e.